The maximum absolute atomic E-state index is 12.2. The predicted molar refractivity (Wildman–Crippen MR) is 101 cm³/mol. The molecule has 6 heteroatoms. The molecule has 0 saturated carbocycles. The molecule has 0 radical (unpaired) electrons. The Kier molecular flexibility index (Phi) is 7.09. The van der Waals surface area contributed by atoms with E-state index in [4.69, 9.17) is 4.74 Å². The predicted octanol–water partition coefficient (Wildman–Crippen LogP) is 3.16. The summed E-state index contributed by atoms with van der Waals surface area (Å²) in [6, 6.07) is 14.3. The fourth-order valence-corrected chi connectivity index (χ4v) is 3.28. The molecule has 0 spiro atoms. The van der Waals surface area contributed by atoms with Crippen LogP contribution in [0.1, 0.15) is 40.9 Å². The Bertz CT molecular complexity index is 802. The summed E-state index contributed by atoms with van der Waals surface area (Å²) in [5.41, 5.74) is 2.37. The third-order valence-electron chi connectivity index (χ3n) is 3.97. The molecule has 0 aliphatic heterocycles. The van der Waals surface area contributed by atoms with Crippen molar-refractivity contribution in [1.82, 2.24) is 5.32 Å². The van der Waals surface area contributed by atoms with E-state index >= 15 is 0 Å². The lowest BCUT2D eigenvalue weighted by Gasteiger charge is -2.18. The van der Waals surface area contributed by atoms with E-state index in [1.54, 1.807) is 18.2 Å². The second kappa shape index (κ2) is 9.29. The number of esters is 1. The highest BCUT2D eigenvalue weighted by Gasteiger charge is 2.18. The first-order valence-electron chi connectivity index (χ1n) is 8.38. The molecular weight excluding hydrogens is 350 g/mol. The van der Waals surface area contributed by atoms with Crippen molar-refractivity contribution in [2.24, 2.45) is 0 Å². The number of rotatable bonds is 7. The van der Waals surface area contributed by atoms with Crippen molar-refractivity contribution in [3.8, 4) is 0 Å². The van der Waals surface area contributed by atoms with Crippen LogP contribution in [0.5, 0.6) is 0 Å². The smallest absolute Gasteiger partial charge is 0.339 e. The maximum atomic E-state index is 12.2. The Morgan fingerprint density at radius 2 is 1.77 bits per heavy atom. The van der Waals surface area contributed by atoms with E-state index in [1.165, 1.54) is 12.3 Å². The van der Waals surface area contributed by atoms with Gasteiger partial charge in [0, 0.05) is 6.26 Å². The molecule has 0 aliphatic rings. The van der Waals surface area contributed by atoms with Gasteiger partial charge in [-0.3, -0.25) is 9.00 Å². The summed E-state index contributed by atoms with van der Waals surface area (Å²) >= 11 is 0. The van der Waals surface area contributed by atoms with Crippen LogP contribution >= 0.6 is 0 Å². The molecule has 26 heavy (non-hydrogen) atoms. The largest absolute Gasteiger partial charge is 0.452 e. The minimum absolute atomic E-state index is 0.141. The van der Waals surface area contributed by atoms with Gasteiger partial charge >= 0.3 is 5.97 Å². The molecule has 2 atom stereocenters. The Balaban J connectivity index is 1.96. The van der Waals surface area contributed by atoms with Crippen molar-refractivity contribution in [2.75, 3.05) is 12.9 Å². The number of nitrogens with one attached hydrogen (secondary N) is 1. The van der Waals surface area contributed by atoms with Crippen molar-refractivity contribution >= 4 is 22.7 Å². The lowest BCUT2D eigenvalue weighted by atomic mass is 10.0. The van der Waals surface area contributed by atoms with E-state index in [9.17, 15) is 13.8 Å². The van der Waals surface area contributed by atoms with Gasteiger partial charge in [0.2, 0.25) is 0 Å². The van der Waals surface area contributed by atoms with Crippen LogP contribution < -0.4 is 5.32 Å². The monoisotopic (exact) mass is 373 g/mol. The molecule has 5 nitrogen and oxygen atoms in total. The Labute approximate surface area is 156 Å². The fraction of sp³-hybridized carbons (Fsp3) is 0.300. The summed E-state index contributed by atoms with van der Waals surface area (Å²) in [5.74, 6) is -1.03. The summed E-state index contributed by atoms with van der Waals surface area (Å²) in [4.78, 5) is 24.8. The topological polar surface area (TPSA) is 72.5 Å². The van der Waals surface area contributed by atoms with Gasteiger partial charge in [-0.1, -0.05) is 48.9 Å². The van der Waals surface area contributed by atoms with Gasteiger partial charge in [-0.05, 0) is 31.0 Å². The number of carbonyl (C=O) groups excluding carboxylic acids is 2. The highest BCUT2D eigenvalue weighted by molar-refractivity contribution is 7.84. The van der Waals surface area contributed by atoms with Crippen LogP contribution in [0.2, 0.25) is 0 Å². The molecule has 138 valence electrons. The Morgan fingerprint density at radius 3 is 2.38 bits per heavy atom. The van der Waals surface area contributed by atoms with Gasteiger partial charge in [-0.15, -0.1) is 0 Å². The van der Waals surface area contributed by atoms with E-state index < -0.39 is 16.8 Å². The zero-order valence-electron chi connectivity index (χ0n) is 15.2. The van der Waals surface area contributed by atoms with Crippen LogP contribution in [0, 0.1) is 6.92 Å². The van der Waals surface area contributed by atoms with Crippen molar-refractivity contribution in [3.63, 3.8) is 0 Å². The fourth-order valence-electron chi connectivity index (χ4n) is 2.55. The van der Waals surface area contributed by atoms with E-state index in [2.05, 4.69) is 5.32 Å². The molecule has 0 fully saturated rings. The van der Waals surface area contributed by atoms with Crippen molar-refractivity contribution in [1.29, 1.82) is 0 Å². The summed E-state index contributed by atoms with van der Waals surface area (Å²) < 4.78 is 16.8. The Hall–Kier alpha value is -2.47. The molecule has 0 aliphatic carbocycles. The van der Waals surface area contributed by atoms with Crippen molar-refractivity contribution in [2.45, 2.75) is 31.2 Å². The summed E-state index contributed by atoms with van der Waals surface area (Å²) in [5, 5.41) is 2.87. The van der Waals surface area contributed by atoms with Crippen LogP contribution in [0.15, 0.2) is 53.4 Å². The molecule has 1 amide bonds. The number of hydrogen-bond donors (Lipinski definition) is 1. The number of amides is 1. The SMILES string of the molecule is CC[C@H](NC(=O)COC(=O)c1ccccc1[S@](C)=O)c1ccc(C)cc1. The lowest BCUT2D eigenvalue weighted by molar-refractivity contribution is -0.125. The Morgan fingerprint density at radius 1 is 1.12 bits per heavy atom. The first kappa shape index (κ1) is 19.8. The number of hydrogen-bond acceptors (Lipinski definition) is 4. The van der Waals surface area contributed by atoms with Gasteiger partial charge in [0.15, 0.2) is 6.61 Å². The number of aryl methyl sites for hydroxylation is 1. The average Bonchev–Trinajstić information content (AvgIpc) is 2.65. The lowest BCUT2D eigenvalue weighted by Crippen LogP contribution is -2.32. The third kappa shape index (κ3) is 5.26. The zero-order chi connectivity index (χ0) is 19.1. The molecule has 1 N–H and O–H groups in total. The van der Waals surface area contributed by atoms with Crippen LogP contribution in [-0.2, 0) is 20.3 Å². The van der Waals surface area contributed by atoms with Gasteiger partial charge in [0.1, 0.15) is 0 Å². The minimum atomic E-state index is -1.31. The van der Waals surface area contributed by atoms with E-state index in [0.717, 1.165) is 17.5 Å². The average molecular weight is 373 g/mol. The van der Waals surface area contributed by atoms with Gasteiger partial charge in [-0.25, -0.2) is 4.79 Å². The summed E-state index contributed by atoms with van der Waals surface area (Å²) in [7, 11) is -1.31. The molecule has 0 heterocycles. The minimum Gasteiger partial charge on any atom is -0.452 e. The van der Waals surface area contributed by atoms with Gasteiger partial charge in [-0.2, -0.15) is 0 Å². The van der Waals surface area contributed by atoms with Gasteiger partial charge in [0.05, 0.1) is 27.3 Å². The highest BCUT2D eigenvalue weighted by atomic mass is 32.2. The van der Waals surface area contributed by atoms with Crippen LogP contribution in [-0.4, -0.2) is 28.9 Å². The molecule has 2 rings (SSSR count). The second-order valence-corrected chi connectivity index (χ2v) is 7.31. The van der Waals surface area contributed by atoms with Gasteiger partial charge < -0.3 is 10.1 Å². The number of benzene rings is 2. The maximum Gasteiger partial charge on any atom is 0.339 e. The molecular formula is C20H23NO4S. The first-order valence-corrected chi connectivity index (χ1v) is 9.93. The molecule has 0 unspecified atom stereocenters. The van der Waals surface area contributed by atoms with E-state index in [1.807, 2.05) is 38.1 Å². The van der Waals surface area contributed by atoms with Crippen molar-refractivity contribution in [3.05, 3.63) is 65.2 Å². The molecule has 0 aromatic heterocycles. The molecule has 0 bridgehead atoms. The zero-order valence-corrected chi connectivity index (χ0v) is 16.0. The van der Waals surface area contributed by atoms with E-state index in [-0.39, 0.29) is 24.1 Å². The van der Waals surface area contributed by atoms with Crippen LogP contribution in [0.4, 0.5) is 0 Å². The van der Waals surface area contributed by atoms with Crippen LogP contribution in [0.25, 0.3) is 0 Å². The number of ether oxygens (including phenoxy) is 1. The number of carbonyl (C=O) groups is 2. The van der Waals surface area contributed by atoms with E-state index in [0.29, 0.717) is 4.90 Å². The van der Waals surface area contributed by atoms with Crippen molar-refractivity contribution < 1.29 is 18.5 Å². The molecule has 2 aromatic rings. The quantitative estimate of drug-likeness (QED) is 0.757. The molecule has 0 saturated heterocycles. The second-order valence-electron chi connectivity index (χ2n) is 5.97. The van der Waals surface area contributed by atoms with Gasteiger partial charge in [0.25, 0.3) is 5.91 Å². The highest BCUT2D eigenvalue weighted by Crippen LogP contribution is 2.17. The normalized spacial score (nSPS) is 12.9. The standard InChI is InChI=1S/C20H23NO4S/c1-4-17(15-11-9-14(2)10-12-15)21-19(22)13-25-20(23)16-7-5-6-8-18(16)26(3)24/h5-12,17H,4,13H2,1-3H3,(H,21,22)/t17-,26-/m0/s1. The summed E-state index contributed by atoms with van der Waals surface area (Å²) in [6.45, 7) is 3.60. The molecule has 2 aromatic carbocycles. The first-order chi connectivity index (χ1) is 12.4. The third-order valence-corrected chi connectivity index (χ3v) is 4.95. The summed E-state index contributed by atoms with van der Waals surface area (Å²) in [6.07, 6.45) is 2.21. The van der Waals surface area contributed by atoms with Crippen LogP contribution in [0.3, 0.4) is 0 Å².